The Labute approximate surface area is 243 Å². The maximum Gasteiger partial charge on any atom is 0.389 e. The van der Waals surface area contributed by atoms with Gasteiger partial charge in [0, 0.05) is 19.3 Å². The van der Waals surface area contributed by atoms with E-state index in [1.165, 1.54) is 15.5 Å². The molecule has 0 bridgehead atoms. The Bertz CT molecular complexity index is 1470. The minimum absolute atomic E-state index is 0.0813. The topological polar surface area (TPSA) is 119 Å². The van der Waals surface area contributed by atoms with Crippen LogP contribution in [0, 0.1) is 17.8 Å². The number of nitrogens with zero attached hydrogens (tertiary/aromatic N) is 6. The number of carbonyl (C=O) groups excluding carboxylic acids is 2. The Balaban J connectivity index is 1.22. The van der Waals surface area contributed by atoms with E-state index < -0.39 is 48.8 Å². The van der Waals surface area contributed by atoms with E-state index in [9.17, 15) is 31.5 Å². The van der Waals surface area contributed by atoms with Crippen molar-refractivity contribution in [1.82, 2.24) is 40.2 Å². The standard InChI is InChI=1S/C28H33F5N8O2/c29-27(30)8-5-18(6-9-27)25(38-26(43)20-13-35-41(39-20)14-16-1-2-16)21-15-40-22(36-21)11-19(12-34-40)24(17-3-4-17)37-23(42)7-10-28(31,32)33/h11-13,15-18,24-25H,1-10,14H2,(H,37,42)(H,38,43)/t24-,25+/m1/s1. The van der Waals surface area contributed by atoms with Crippen molar-refractivity contribution in [2.75, 3.05) is 0 Å². The smallest absolute Gasteiger partial charge is 0.349 e. The molecule has 15 heteroatoms. The van der Waals surface area contributed by atoms with Gasteiger partial charge in [-0.15, -0.1) is 5.10 Å². The van der Waals surface area contributed by atoms with Crippen LogP contribution in [0.3, 0.4) is 0 Å². The monoisotopic (exact) mass is 608 g/mol. The maximum atomic E-state index is 14.0. The molecule has 43 heavy (non-hydrogen) atoms. The first-order chi connectivity index (χ1) is 20.4. The third-order valence-electron chi connectivity index (χ3n) is 8.49. The number of imidazole rings is 1. The summed E-state index contributed by atoms with van der Waals surface area (Å²) in [4.78, 5) is 31.7. The van der Waals surface area contributed by atoms with Gasteiger partial charge in [-0.2, -0.15) is 28.2 Å². The molecule has 3 aromatic heterocycles. The van der Waals surface area contributed by atoms with Gasteiger partial charge in [-0.3, -0.25) is 9.59 Å². The second kappa shape index (κ2) is 11.5. The first-order valence-corrected chi connectivity index (χ1v) is 14.7. The van der Waals surface area contributed by atoms with Crippen LogP contribution in [0.4, 0.5) is 22.0 Å². The molecule has 0 radical (unpaired) electrons. The van der Waals surface area contributed by atoms with Crippen molar-refractivity contribution in [3.8, 4) is 0 Å². The van der Waals surface area contributed by atoms with Crippen molar-refractivity contribution in [2.24, 2.45) is 17.8 Å². The lowest BCUT2D eigenvalue weighted by Crippen LogP contribution is -2.37. The summed E-state index contributed by atoms with van der Waals surface area (Å²) >= 11 is 0. The van der Waals surface area contributed by atoms with Crippen LogP contribution in [0.15, 0.2) is 24.7 Å². The summed E-state index contributed by atoms with van der Waals surface area (Å²) in [7, 11) is 0. The molecule has 2 amide bonds. The van der Waals surface area contributed by atoms with E-state index in [1.54, 1.807) is 18.5 Å². The summed E-state index contributed by atoms with van der Waals surface area (Å²) in [5.41, 5.74) is 1.58. The molecule has 0 spiro atoms. The second-order valence-corrected chi connectivity index (χ2v) is 12.1. The van der Waals surface area contributed by atoms with E-state index in [2.05, 4.69) is 25.9 Å². The highest BCUT2D eigenvalue weighted by atomic mass is 19.4. The number of amides is 2. The number of hydrogen-bond donors (Lipinski definition) is 2. The SMILES string of the molecule is O=C(CCC(F)(F)F)N[C@@H](c1cnn2cc([C@@H](NC(=O)c3cnn(CC4CC4)n3)C3CCC(F)(F)CC3)nc2c1)C1CC1. The van der Waals surface area contributed by atoms with Crippen LogP contribution in [0.25, 0.3) is 5.65 Å². The molecule has 0 unspecified atom stereocenters. The normalized spacial score (nSPS) is 20.6. The van der Waals surface area contributed by atoms with Crippen LogP contribution in [0.5, 0.6) is 0 Å². The summed E-state index contributed by atoms with van der Waals surface area (Å²) in [6.07, 6.45) is 1.91. The molecule has 3 heterocycles. The molecule has 3 aliphatic rings. The second-order valence-electron chi connectivity index (χ2n) is 12.1. The summed E-state index contributed by atoms with van der Waals surface area (Å²) in [6, 6.07) is 0.511. The van der Waals surface area contributed by atoms with Gasteiger partial charge in [-0.05, 0) is 67.9 Å². The quantitative estimate of drug-likeness (QED) is 0.298. The summed E-state index contributed by atoms with van der Waals surface area (Å²) in [6.45, 7) is 0.638. The molecule has 232 valence electrons. The molecule has 3 saturated carbocycles. The average Bonchev–Trinajstić information content (AvgIpc) is 3.87. The molecule has 6 rings (SSSR count). The van der Waals surface area contributed by atoms with Gasteiger partial charge < -0.3 is 10.6 Å². The molecule has 2 N–H and O–H groups in total. The summed E-state index contributed by atoms with van der Waals surface area (Å²) < 4.78 is 67.4. The predicted octanol–water partition coefficient (Wildman–Crippen LogP) is 4.94. The van der Waals surface area contributed by atoms with Crippen molar-refractivity contribution < 1.29 is 31.5 Å². The Morgan fingerprint density at radius 1 is 0.977 bits per heavy atom. The molecule has 0 aliphatic heterocycles. The van der Waals surface area contributed by atoms with Gasteiger partial charge in [0.05, 0.1) is 49.3 Å². The molecule has 2 atom stereocenters. The fourth-order valence-corrected chi connectivity index (χ4v) is 5.70. The fraction of sp³-hybridized carbons (Fsp3) is 0.643. The minimum Gasteiger partial charge on any atom is -0.349 e. The van der Waals surface area contributed by atoms with Gasteiger partial charge >= 0.3 is 6.18 Å². The lowest BCUT2D eigenvalue weighted by atomic mass is 9.81. The number of carbonyl (C=O) groups is 2. The zero-order chi connectivity index (χ0) is 30.4. The van der Waals surface area contributed by atoms with Crippen LogP contribution >= 0.6 is 0 Å². The number of nitrogens with one attached hydrogen (secondary N) is 2. The Hall–Kier alpha value is -3.65. The molecule has 10 nitrogen and oxygen atoms in total. The first-order valence-electron chi connectivity index (χ1n) is 14.7. The Morgan fingerprint density at radius 2 is 1.70 bits per heavy atom. The van der Waals surface area contributed by atoms with E-state index in [0.717, 1.165) is 25.7 Å². The lowest BCUT2D eigenvalue weighted by Gasteiger charge is -2.33. The summed E-state index contributed by atoms with van der Waals surface area (Å²) in [5.74, 6) is -3.63. The van der Waals surface area contributed by atoms with Crippen LogP contribution < -0.4 is 10.6 Å². The van der Waals surface area contributed by atoms with Crippen molar-refractivity contribution in [2.45, 2.75) is 94.9 Å². The molecular formula is C28H33F5N8O2. The van der Waals surface area contributed by atoms with Crippen molar-refractivity contribution in [1.29, 1.82) is 0 Å². The van der Waals surface area contributed by atoms with Gasteiger partial charge in [-0.25, -0.2) is 18.3 Å². The van der Waals surface area contributed by atoms with E-state index in [0.29, 0.717) is 29.4 Å². The van der Waals surface area contributed by atoms with Gasteiger partial charge in [0.2, 0.25) is 11.8 Å². The fourth-order valence-electron chi connectivity index (χ4n) is 5.70. The predicted molar refractivity (Wildman–Crippen MR) is 142 cm³/mol. The third kappa shape index (κ3) is 7.47. The Kier molecular flexibility index (Phi) is 7.84. The van der Waals surface area contributed by atoms with Crippen molar-refractivity contribution >= 4 is 17.5 Å². The molecule has 3 aliphatic carbocycles. The number of alkyl halides is 5. The van der Waals surface area contributed by atoms with Gasteiger partial charge in [0.25, 0.3) is 5.91 Å². The molecule has 0 saturated heterocycles. The number of rotatable bonds is 11. The van der Waals surface area contributed by atoms with Crippen LogP contribution in [-0.2, 0) is 11.3 Å². The minimum atomic E-state index is -4.42. The maximum absolute atomic E-state index is 14.0. The third-order valence-corrected chi connectivity index (χ3v) is 8.49. The number of fused-ring (bicyclic) bond motifs is 1. The zero-order valence-corrected chi connectivity index (χ0v) is 23.4. The number of hydrogen-bond acceptors (Lipinski definition) is 6. The van der Waals surface area contributed by atoms with Gasteiger partial charge in [0.15, 0.2) is 11.3 Å². The summed E-state index contributed by atoms with van der Waals surface area (Å²) in [5, 5.41) is 18.6. The number of aromatic nitrogens is 6. The molecule has 0 aromatic carbocycles. The van der Waals surface area contributed by atoms with Gasteiger partial charge in [-0.1, -0.05) is 0 Å². The number of halogens is 5. The molecular weight excluding hydrogens is 575 g/mol. The Morgan fingerprint density at radius 3 is 2.37 bits per heavy atom. The zero-order valence-electron chi connectivity index (χ0n) is 23.4. The van der Waals surface area contributed by atoms with E-state index in [1.807, 2.05) is 0 Å². The highest BCUT2D eigenvalue weighted by molar-refractivity contribution is 5.92. The first kappa shape index (κ1) is 29.4. The van der Waals surface area contributed by atoms with Crippen molar-refractivity contribution in [3.63, 3.8) is 0 Å². The van der Waals surface area contributed by atoms with Crippen LogP contribution in [0.2, 0.25) is 0 Å². The van der Waals surface area contributed by atoms with Crippen LogP contribution in [0.1, 0.15) is 98.0 Å². The van der Waals surface area contributed by atoms with E-state index in [-0.39, 0.29) is 43.2 Å². The highest BCUT2D eigenvalue weighted by Crippen LogP contribution is 2.43. The molecule has 3 aromatic rings. The highest BCUT2D eigenvalue weighted by Gasteiger charge is 2.40. The van der Waals surface area contributed by atoms with E-state index >= 15 is 0 Å². The lowest BCUT2D eigenvalue weighted by molar-refractivity contribution is -0.144. The van der Waals surface area contributed by atoms with Crippen LogP contribution in [-0.4, -0.2) is 53.5 Å². The van der Waals surface area contributed by atoms with E-state index in [4.69, 9.17) is 4.98 Å². The molecule has 3 fully saturated rings. The average molecular weight is 609 g/mol. The van der Waals surface area contributed by atoms with Gasteiger partial charge in [0.1, 0.15) is 0 Å². The van der Waals surface area contributed by atoms with Crippen molar-refractivity contribution in [3.05, 3.63) is 41.6 Å². The largest absolute Gasteiger partial charge is 0.389 e.